The highest BCUT2D eigenvalue weighted by molar-refractivity contribution is 6.03. The average Bonchev–Trinajstić information content (AvgIpc) is 2.78. The summed E-state index contributed by atoms with van der Waals surface area (Å²) >= 11 is 0. The van der Waals surface area contributed by atoms with Crippen LogP contribution in [0.25, 0.3) is 10.9 Å². The lowest BCUT2D eigenvalue weighted by molar-refractivity contribution is 0.0945. The monoisotopic (exact) mass is 253 g/mol. The second kappa shape index (κ2) is 3.66. The molecule has 1 aliphatic carbocycles. The van der Waals surface area contributed by atoms with E-state index in [1.807, 2.05) is 30.3 Å². The second-order valence-electron chi connectivity index (χ2n) is 6.65. The summed E-state index contributed by atoms with van der Waals surface area (Å²) in [5.41, 5.74) is 1.85. The molecule has 0 amide bonds. The maximum absolute atomic E-state index is 12.7. The summed E-state index contributed by atoms with van der Waals surface area (Å²) in [6.45, 7) is 8.70. The smallest absolute Gasteiger partial charge is 0.167 e. The number of rotatable bonds is 2. The van der Waals surface area contributed by atoms with E-state index in [1.54, 1.807) is 6.20 Å². The van der Waals surface area contributed by atoms with Gasteiger partial charge in [-0.25, -0.2) is 0 Å². The fraction of sp³-hybridized carbons (Fsp3) is 0.412. The number of hydrogen-bond acceptors (Lipinski definition) is 2. The third-order valence-corrected chi connectivity index (χ3v) is 5.17. The summed E-state index contributed by atoms with van der Waals surface area (Å²) < 4.78 is 0. The summed E-state index contributed by atoms with van der Waals surface area (Å²) in [7, 11) is 0. The Morgan fingerprint density at radius 3 is 2.42 bits per heavy atom. The molecule has 0 radical (unpaired) electrons. The topological polar surface area (TPSA) is 30.0 Å². The number of nitrogens with zero attached hydrogens (tertiary/aromatic N) is 1. The van der Waals surface area contributed by atoms with Crippen molar-refractivity contribution in [3.05, 3.63) is 42.1 Å². The van der Waals surface area contributed by atoms with Gasteiger partial charge in [0.25, 0.3) is 0 Å². The van der Waals surface area contributed by atoms with Gasteiger partial charge in [-0.15, -0.1) is 0 Å². The minimum absolute atomic E-state index is 0.0865. The standard InChI is InChI=1S/C17H19NO/c1-16(2)15(17(16,3)4)14(19)12-8-7-11-6-5-9-18-13(11)10-12/h5-10,15H,1-4H3. The van der Waals surface area contributed by atoms with E-state index in [9.17, 15) is 4.79 Å². The van der Waals surface area contributed by atoms with Crippen LogP contribution in [0.3, 0.4) is 0 Å². The van der Waals surface area contributed by atoms with E-state index >= 15 is 0 Å². The Balaban J connectivity index is 2.00. The number of carbonyl (C=O) groups is 1. The molecule has 0 bridgehead atoms. The van der Waals surface area contributed by atoms with E-state index in [4.69, 9.17) is 0 Å². The molecule has 19 heavy (non-hydrogen) atoms. The molecule has 0 saturated heterocycles. The first-order valence-corrected chi connectivity index (χ1v) is 6.75. The molecule has 2 aromatic rings. The van der Waals surface area contributed by atoms with Gasteiger partial charge in [-0.1, -0.05) is 45.9 Å². The Labute approximate surface area is 113 Å². The van der Waals surface area contributed by atoms with Crippen molar-refractivity contribution < 1.29 is 4.79 Å². The van der Waals surface area contributed by atoms with Crippen molar-refractivity contribution in [2.75, 3.05) is 0 Å². The zero-order valence-corrected chi connectivity index (χ0v) is 11.9. The van der Waals surface area contributed by atoms with Gasteiger partial charge in [-0.3, -0.25) is 9.78 Å². The molecular weight excluding hydrogens is 234 g/mol. The molecule has 1 aliphatic rings. The summed E-state index contributed by atoms with van der Waals surface area (Å²) in [5.74, 6) is 0.365. The van der Waals surface area contributed by atoms with E-state index in [0.29, 0.717) is 0 Å². The highest BCUT2D eigenvalue weighted by Gasteiger charge is 2.67. The van der Waals surface area contributed by atoms with Gasteiger partial charge >= 0.3 is 0 Å². The molecule has 3 rings (SSSR count). The highest BCUT2D eigenvalue weighted by Crippen LogP contribution is 2.69. The maximum atomic E-state index is 12.7. The third-order valence-electron chi connectivity index (χ3n) is 5.17. The van der Waals surface area contributed by atoms with Crippen LogP contribution in [0.15, 0.2) is 36.5 Å². The van der Waals surface area contributed by atoms with Crippen LogP contribution in [0, 0.1) is 16.7 Å². The molecule has 1 fully saturated rings. The van der Waals surface area contributed by atoms with Crippen LogP contribution in [0.4, 0.5) is 0 Å². The first kappa shape index (κ1) is 12.3. The number of Topliss-reactive ketones (excluding diaryl/α,β-unsaturated/α-hetero) is 1. The van der Waals surface area contributed by atoms with Crippen LogP contribution in [0.1, 0.15) is 38.1 Å². The van der Waals surface area contributed by atoms with E-state index < -0.39 is 0 Å². The van der Waals surface area contributed by atoms with Crippen LogP contribution < -0.4 is 0 Å². The minimum atomic E-state index is 0.0865. The van der Waals surface area contributed by atoms with E-state index in [0.717, 1.165) is 16.5 Å². The first-order valence-electron chi connectivity index (χ1n) is 6.75. The SMILES string of the molecule is CC1(C)C(C(=O)c2ccc3cccnc3c2)C1(C)C. The van der Waals surface area contributed by atoms with E-state index in [-0.39, 0.29) is 22.5 Å². The fourth-order valence-corrected chi connectivity index (χ4v) is 3.24. The van der Waals surface area contributed by atoms with Gasteiger partial charge in [0.2, 0.25) is 0 Å². The Kier molecular flexibility index (Phi) is 2.38. The van der Waals surface area contributed by atoms with Crippen molar-refractivity contribution >= 4 is 16.7 Å². The summed E-state index contributed by atoms with van der Waals surface area (Å²) in [6.07, 6.45) is 1.77. The van der Waals surface area contributed by atoms with Crippen LogP contribution in [0.5, 0.6) is 0 Å². The lowest BCUT2D eigenvalue weighted by Crippen LogP contribution is -2.07. The molecule has 0 spiro atoms. The Morgan fingerprint density at radius 1 is 1.11 bits per heavy atom. The number of aromatic nitrogens is 1. The highest BCUT2D eigenvalue weighted by atomic mass is 16.1. The number of benzene rings is 1. The Bertz CT molecular complexity index is 656. The summed E-state index contributed by atoms with van der Waals surface area (Å²) in [6, 6.07) is 9.76. The van der Waals surface area contributed by atoms with Crippen LogP contribution >= 0.6 is 0 Å². The Morgan fingerprint density at radius 2 is 1.79 bits per heavy atom. The third kappa shape index (κ3) is 1.62. The second-order valence-corrected chi connectivity index (χ2v) is 6.65. The number of fused-ring (bicyclic) bond motifs is 1. The predicted molar refractivity (Wildman–Crippen MR) is 77.1 cm³/mol. The van der Waals surface area contributed by atoms with Crippen molar-refractivity contribution in [3.63, 3.8) is 0 Å². The molecule has 0 N–H and O–H groups in total. The number of hydrogen-bond donors (Lipinski definition) is 0. The van der Waals surface area contributed by atoms with Gasteiger partial charge in [-0.2, -0.15) is 0 Å². The lowest BCUT2D eigenvalue weighted by Gasteiger charge is -2.04. The zero-order chi connectivity index (χ0) is 13.8. The van der Waals surface area contributed by atoms with Crippen molar-refractivity contribution in [1.82, 2.24) is 4.98 Å². The molecular formula is C17H19NO. The number of carbonyl (C=O) groups excluding carboxylic acids is 1. The van der Waals surface area contributed by atoms with Gasteiger partial charge < -0.3 is 0 Å². The Hall–Kier alpha value is -1.70. The van der Waals surface area contributed by atoms with Crippen LogP contribution in [-0.2, 0) is 0 Å². The van der Waals surface area contributed by atoms with Crippen LogP contribution in [0.2, 0.25) is 0 Å². The normalized spacial score (nSPS) is 20.4. The van der Waals surface area contributed by atoms with Gasteiger partial charge in [0, 0.05) is 23.1 Å². The average molecular weight is 253 g/mol. The van der Waals surface area contributed by atoms with Gasteiger partial charge in [0.1, 0.15) is 0 Å². The fourth-order valence-electron chi connectivity index (χ4n) is 3.24. The van der Waals surface area contributed by atoms with Gasteiger partial charge in [0.15, 0.2) is 5.78 Å². The molecule has 2 heteroatoms. The molecule has 1 heterocycles. The molecule has 98 valence electrons. The minimum Gasteiger partial charge on any atom is -0.294 e. The molecule has 1 aromatic carbocycles. The van der Waals surface area contributed by atoms with E-state index in [2.05, 4.69) is 32.7 Å². The van der Waals surface area contributed by atoms with Gasteiger partial charge in [0.05, 0.1) is 5.52 Å². The van der Waals surface area contributed by atoms with Crippen molar-refractivity contribution in [2.45, 2.75) is 27.7 Å². The molecule has 0 aliphatic heterocycles. The number of ketones is 1. The maximum Gasteiger partial charge on any atom is 0.167 e. The summed E-state index contributed by atoms with van der Waals surface area (Å²) in [5, 5.41) is 1.08. The molecule has 1 aromatic heterocycles. The molecule has 0 unspecified atom stereocenters. The summed E-state index contributed by atoms with van der Waals surface area (Å²) in [4.78, 5) is 17.0. The predicted octanol–water partition coefficient (Wildman–Crippen LogP) is 4.10. The van der Waals surface area contributed by atoms with Gasteiger partial charge in [-0.05, 0) is 23.0 Å². The molecule has 2 nitrogen and oxygen atoms in total. The lowest BCUT2D eigenvalue weighted by atomic mass is 10.00. The van der Waals surface area contributed by atoms with Crippen molar-refractivity contribution in [2.24, 2.45) is 16.7 Å². The van der Waals surface area contributed by atoms with Crippen LogP contribution in [-0.4, -0.2) is 10.8 Å². The van der Waals surface area contributed by atoms with Crippen molar-refractivity contribution in [1.29, 1.82) is 0 Å². The number of pyridine rings is 1. The van der Waals surface area contributed by atoms with E-state index in [1.165, 1.54) is 0 Å². The quantitative estimate of drug-likeness (QED) is 0.754. The molecule has 1 saturated carbocycles. The van der Waals surface area contributed by atoms with Crippen molar-refractivity contribution in [3.8, 4) is 0 Å². The largest absolute Gasteiger partial charge is 0.294 e. The first-order chi connectivity index (χ1) is 8.85. The molecule has 0 atom stereocenters. The zero-order valence-electron chi connectivity index (χ0n) is 11.9.